The van der Waals surface area contributed by atoms with Gasteiger partial charge in [-0.1, -0.05) is 0 Å². The molecule has 2 bridgehead atoms. The van der Waals surface area contributed by atoms with Crippen LogP contribution in [0.5, 0.6) is 0 Å². The van der Waals surface area contributed by atoms with Gasteiger partial charge in [0.25, 0.3) is 0 Å². The summed E-state index contributed by atoms with van der Waals surface area (Å²) < 4.78 is 6.86. The van der Waals surface area contributed by atoms with Crippen LogP contribution in [0.4, 0.5) is 0 Å². The van der Waals surface area contributed by atoms with Crippen LogP contribution in [0.1, 0.15) is 19.8 Å². The van der Waals surface area contributed by atoms with Crippen LogP contribution in [-0.2, 0) is 9.53 Å². The van der Waals surface area contributed by atoms with E-state index >= 15 is 0 Å². The Balaban J connectivity index is 1.72. The summed E-state index contributed by atoms with van der Waals surface area (Å²) in [6.07, 6.45) is 2.19. The van der Waals surface area contributed by atoms with Gasteiger partial charge >= 0.3 is 125 Å². The minimum atomic E-state index is -0.158. The summed E-state index contributed by atoms with van der Waals surface area (Å²) in [6.45, 7) is 1.50. The van der Waals surface area contributed by atoms with Crippen molar-refractivity contribution >= 4 is 37.0 Å². The van der Waals surface area contributed by atoms with E-state index in [1.54, 1.807) is 0 Å². The van der Waals surface area contributed by atoms with E-state index in [0.717, 1.165) is 12.8 Å². The van der Waals surface area contributed by atoms with Gasteiger partial charge in [-0.05, 0) is 0 Å². The molecule has 5 atom stereocenters. The van der Waals surface area contributed by atoms with Crippen molar-refractivity contribution in [2.45, 2.75) is 36.1 Å². The number of alkyl halides is 1. The molecule has 0 aliphatic heterocycles. The van der Waals surface area contributed by atoms with E-state index in [1.165, 1.54) is 11.4 Å². The second-order valence-electron chi connectivity index (χ2n) is 5.38. The summed E-state index contributed by atoms with van der Waals surface area (Å²) in [5.41, 5.74) is 0. The monoisotopic (exact) mass is 344 g/mol. The van der Waals surface area contributed by atoms with Gasteiger partial charge in [0.2, 0.25) is 0 Å². The van der Waals surface area contributed by atoms with Gasteiger partial charge in [-0.2, -0.15) is 0 Å². The van der Waals surface area contributed by atoms with E-state index in [0.29, 0.717) is 31.6 Å². The van der Waals surface area contributed by atoms with Crippen LogP contribution >= 0.6 is 11.6 Å². The first kappa shape index (κ1) is 13.5. The summed E-state index contributed by atoms with van der Waals surface area (Å²) >= 11 is 6.97. The molecule has 0 amide bonds. The number of carbonyl (C=O) groups excluding carboxylic acids is 1. The van der Waals surface area contributed by atoms with Gasteiger partial charge in [0.15, 0.2) is 0 Å². The number of esters is 1. The molecule has 19 heavy (non-hydrogen) atoms. The van der Waals surface area contributed by atoms with E-state index in [-0.39, 0.29) is 17.5 Å². The molecular weight excluding hydrogens is 327 g/mol. The Morgan fingerprint density at radius 2 is 2.05 bits per heavy atom. The van der Waals surface area contributed by atoms with Gasteiger partial charge < -0.3 is 0 Å². The van der Waals surface area contributed by atoms with Gasteiger partial charge in [0.1, 0.15) is 0 Å². The quantitative estimate of drug-likeness (QED) is 0.478. The van der Waals surface area contributed by atoms with Crippen LogP contribution in [0.2, 0.25) is 4.82 Å². The Morgan fingerprint density at radius 3 is 2.68 bits per heavy atom. The molecule has 2 aliphatic rings. The Morgan fingerprint density at radius 1 is 1.32 bits per heavy atom. The molecule has 0 saturated heterocycles. The second kappa shape index (κ2) is 5.47. The van der Waals surface area contributed by atoms with Crippen molar-refractivity contribution in [3.63, 3.8) is 0 Å². The summed E-state index contributed by atoms with van der Waals surface area (Å²) in [6, 6.07) is 10.6. The summed E-state index contributed by atoms with van der Waals surface area (Å²) in [7, 11) is 0. The molecule has 1 aromatic carbocycles. The van der Waals surface area contributed by atoms with E-state index in [4.69, 9.17) is 16.3 Å². The van der Waals surface area contributed by atoms with Crippen LogP contribution < -0.4 is 4.46 Å². The van der Waals surface area contributed by atoms with Crippen molar-refractivity contribution in [1.29, 1.82) is 0 Å². The Labute approximate surface area is 125 Å². The average Bonchev–Trinajstić information content (AvgIpc) is 2.90. The molecular formula is C15H17ClO2Se. The zero-order chi connectivity index (χ0) is 13.4. The van der Waals surface area contributed by atoms with Crippen LogP contribution in [0.3, 0.4) is 0 Å². The Hall–Kier alpha value is -0.501. The molecule has 0 spiro atoms. The van der Waals surface area contributed by atoms with E-state index in [2.05, 4.69) is 24.3 Å². The Bertz CT molecular complexity index is 464. The fourth-order valence-corrected chi connectivity index (χ4v) is 7.02. The molecule has 4 heteroatoms. The second-order valence-corrected chi connectivity index (χ2v) is 8.51. The number of carbonyl (C=O) groups is 1. The van der Waals surface area contributed by atoms with Crippen molar-refractivity contribution in [2.24, 2.45) is 11.8 Å². The standard InChI is InChI=1S/C15H17ClO2Se/c1-9(17)18-13-8-10-7-12(13)15(14(10)16)19-11-5-3-2-4-6-11/h2-6,10,12-15H,7-8H2,1H3/t10-,12+,13+,14+,15+/m1/s1. The van der Waals surface area contributed by atoms with Crippen LogP contribution in [0.15, 0.2) is 30.3 Å². The van der Waals surface area contributed by atoms with Gasteiger partial charge in [0.05, 0.1) is 0 Å². The zero-order valence-corrected chi connectivity index (χ0v) is 13.3. The van der Waals surface area contributed by atoms with Gasteiger partial charge in [0, 0.05) is 0 Å². The molecule has 2 nitrogen and oxygen atoms in total. The van der Waals surface area contributed by atoms with Crippen LogP contribution in [0.25, 0.3) is 0 Å². The maximum atomic E-state index is 11.2. The minimum absolute atomic E-state index is 0.105. The molecule has 0 radical (unpaired) electrons. The Kier molecular flexibility index (Phi) is 3.88. The summed E-state index contributed by atoms with van der Waals surface area (Å²) in [5, 5.41) is 0.261. The van der Waals surface area contributed by atoms with Gasteiger partial charge in [-0.3, -0.25) is 0 Å². The predicted octanol–water partition coefficient (Wildman–Crippen LogP) is 2.38. The van der Waals surface area contributed by atoms with Gasteiger partial charge in [-0.15, -0.1) is 0 Å². The van der Waals surface area contributed by atoms with Crippen molar-refractivity contribution < 1.29 is 9.53 Å². The normalized spacial score (nSPS) is 36.4. The summed E-state index contributed by atoms with van der Waals surface area (Å²) in [4.78, 5) is 11.7. The molecule has 2 fully saturated rings. The molecule has 0 unspecified atom stereocenters. The van der Waals surface area contributed by atoms with E-state index < -0.39 is 0 Å². The molecule has 0 aromatic heterocycles. The molecule has 1 aromatic rings. The number of benzene rings is 1. The third-order valence-electron chi connectivity index (χ3n) is 4.11. The first-order valence-electron chi connectivity index (χ1n) is 6.68. The molecule has 0 heterocycles. The maximum absolute atomic E-state index is 11.2. The van der Waals surface area contributed by atoms with Crippen molar-refractivity contribution in [1.82, 2.24) is 0 Å². The van der Waals surface area contributed by atoms with Crippen molar-refractivity contribution in [3.8, 4) is 0 Å². The number of fused-ring (bicyclic) bond motifs is 2. The number of rotatable bonds is 3. The molecule has 3 rings (SSSR count). The molecule has 102 valence electrons. The average molecular weight is 344 g/mol. The van der Waals surface area contributed by atoms with Crippen LogP contribution in [-0.4, -0.2) is 32.4 Å². The first-order chi connectivity index (χ1) is 9.15. The third kappa shape index (κ3) is 2.69. The number of halogens is 1. The number of hydrogen-bond acceptors (Lipinski definition) is 2. The van der Waals surface area contributed by atoms with Gasteiger partial charge in [-0.25, -0.2) is 0 Å². The SMILES string of the molecule is CC(=O)O[C@H]1C[C@H]2C[C@@H]1[C@H]([Se]c1ccccc1)[C@H]2Cl. The fraction of sp³-hybridized carbons (Fsp3) is 0.533. The third-order valence-corrected chi connectivity index (χ3v) is 8.13. The zero-order valence-electron chi connectivity index (χ0n) is 10.8. The fourth-order valence-electron chi connectivity index (χ4n) is 3.34. The number of hydrogen-bond donors (Lipinski definition) is 0. The molecule has 0 N–H and O–H groups in total. The van der Waals surface area contributed by atoms with E-state index in [1.807, 2.05) is 6.07 Å². The van der Waals surface area contributed by atoms with Crippen LogP contribution in [0, 0.1) is 11.8 Å². The summed E-state index contributed by atoms with van der Waals surface area (Å²) in [5.74, 6) is 0.845. The predicted molar refractivity (Wildman–Crippen MR) is 77.0 cm³/mol. The topological polar surface area (TPSA) is 26.3 Å². The number of ether oxygens (including phenoxy) is 1. The molecule has 2 aliphatic carbocycles. The van der Waals surface area contributed by atoms with Crippen molar-refractivity contribution in [2.75, 3.05) is 0 Å². The van der Waals surface area contributed by atoms with E-state index in [9.17, 15) is 4.79 Å². The van der Waals surface area contributed by atoms with Crippen molar-refractivity contribution in [3.05, 3.63) is 30.3 Å². The molecule has 2 saturated carbocycles. The first-order valence-corrected chi connectivity index (χ1v) is 8.96.